The molecule has 1 heterocycles. The predicted octanol–water partition coefficient (Wildman–Crippen LogP) is 3.26. The molecular formula is C16H15NO2S. The lowest BCUT2D eigenvalue weighted by molar-refractivity contribution is 0.557. The van der Waals surface area contributed by atoms with Crippen molar-refractivity contribution in [3.63, 3.8) is 0 Å². The maximum absolute atomic E-state index is 12.6. The first-order valence-corrected chi connectivity index (χ1v) is 8.31. The Bertz CT molecular complexity index is 756. The molecule has 0 N–H and O–H groups in total. The number of hydrogen-bond donors (Lipinski definition) is 0. The van der Waals surface area contributed by atoms with Crippen molar-refractivity contribution in [2.45, 2.75) is 29.6 Å². The molecule has 4 heteroatoms. The van der Waals surface area contributed by atoms with Crippen LogP contribution in [0, 0.1) is 0 Å². The summed E-state index contributed by atoms with van der Waals surface area (Å²) in [4.78, 5) is 0.340. The van der Waals surface area contributed by atoms with Crippen molar-refractivity contribution in [2.24, 2.45) is 0 Å². The summed E-state index contributed by atoms with van der Waals surface area (Å²) in [5.74, 6) is 0.782. The van der Waals surface area contributed by atoms with E-state index in [-0.39, 0.29) is 0 Å². The Hall–Kier alpha value is -1.81. The van der Waals surface area contributed by atoms with Crippen LogP contribution in [0.1, 0.15) is 35.8 Å². The molecule has 3 aliphatic rings. The molecule has 1 aromatic heterocycles. The van der Waals surface area contributed by atoms with Gasteiger partial charge in [0.1, 0.15) is 0 Å². The van der Waals surface area contributed by atoms with Gasteiger partial charge in [-0.3, -0.25) is 0 Å². The fourth-order valence-electron chi connectivity index (χ4n) is 3.27. The number of rotatable bonds is 2. The van der Waals surface area contributed by atoms with Crippen LogP contribution in [0.2, 0.25) is 0 Å². The van der Waals surface area contributed by atoms with Gasteiger partial charge in [0.05, 0.1) is 4.90 Å². The van der Waals surface area contributed by atoms with Crippen LogP contribution >= 0.6 is 0 Å². The van der Waals surface area contributed by atoms with Crippen LogP contribution in [0.4, 0.5) is 0 Å². The molecule has 102 valence electrons. The van der Waals surface area contributed by atoms with Gasteiger partial charge in [0.25, 0.3) is 10.0 Å². The first-order valence-electron chi connectivity index (χ1n) is 6.87. The highest BCUT2D eigenvalue weighted by atomic mass is 32.2. The van der Waals surface area contributed by atoms with Crippen molar-refractivity contribution in [1.29, 1.82) is 0 Å². The molecule has 0 fully saturated rings. The van der Waals surface area contributed by atoms with E-state index in [1.807, 2.05) is 6.07 Å². The van der Waals surface area contributed by atoms with E-state index >= 15 is 0 Å². The van der Waals surface area contributed by atoms with Gasteiger partial charge in [-0.15, -0.1) is 0 Å². The van der Waals surface area contributed by atoms with Crippen molar-refractivity contribution in [3.05, 3.63) is 66.0 Å². The van der Waals surface area contributed by atoms with Gasteiger partial charge in [-0.25, -0.2) is 12.4 Å². The van der Waals surface area contributed by atoms with Crippen LogP contribution in [0.25, 0.3) is 0 Å². The Morgan fingerprint density at radius 3 is 1.95 bits per heavy atom. The minimum Gasteiger partial charge on any atom is -0.248 e. The number of fused-ring (bicyclic) bond motifs is 1. The van der Waals surface area contributed by atoms with Crippen LogP contribution in [-0.4, -0.2) is 12.4 Å². The summed E-state index contributed by atoms with van der Waals surface area (Å²) in [6.45, 7) is 0. The van der Waals surface area contributed by atoms with Gasteiger partial charge in [-0.2, -0.15) is 0 Å². The van der Waals surface area contributed by atoms with Gasteiger partial charge < -0.3 is 0 Å². The van der Waals surface area contributed by atoms with E-state index in [2.05, 4.69) is 12.2 Å². The van der Waals surface area contributed by atoms with E-state index in [1.165, 1.54) is 15.1 Å². The Labute approximate surface area is 118 Å². The molecule has 0 radical (unpaired) electrons. The number of hydrogen-bond acceptors (Lipinski definition) is 2. The Morgan fingerprint density at radius 2 is 1.45 bits per heavy atom. The largest absolute Gasteiger partial charge is 0.267 e. The maximum Gasteiger partial charge on any atom is 0.267 e. The van der Waals surface area contributed by atoms with Crippen LogP contribution < -0.4 is 0 Å². The molecule has 2 unspecified atom stereocenters. The minimum absolute atomic E-state index is 0.340. The molecule has 2 bridgehead atoms. The quantitative estimate of drug-likeness (QED) is 0.794. The fourth-order valence-corrected chi connectivity index (χ4v) is 4.52. The van der Waals surface area contributed by atoms with E-state index in [1.54, 1.807) is 36.7 Å². The lowest BCUT2D eigenvalue weighted by Crippen LogP contribution is -2.14. The zero-order chi connectivity index (χ0) is 13.7. The Balaban J connectivity index is 1.84. The molecule has 0 aliphatic heterocycles. The third-order valence-corrected chi connectivity index (χ3v) is 5.98. The zero-order valence-corrected chi connectivity index (χ0v) is 11.8. The first-order chi connectivity index (χ1) is 9.66. The molecule has 0 spiro atoms. The molecule has 2 aromatic rings. The van der Waals surface area contributed by atoms with Gasteiger partial charge in [-0.05, 0) is 36.1 Å². The summed E-state index contributed by atoms with van der Waals surface area (Å²) < 4.78 is 26.7. The topological polar surface area (TPSA) is 39.1 Å². The van der Waals surface area contributed by atoms with Crippen molar-refractivity contribution in [3.8, 4) is 0 Å². The highest BCUT2D eigenvalue weighted by molar-refractivity contribution is 7.90. The molecule has 0 saturated carbocycles. The lowest BCUT2D eigenvalue weighted by Gasteiger charge is -2.30. The highest BCUT2D eigenvalue weighted by Gasteiger charge is 2.32. The van der Waals surface area contributed by atoms with Crippen molar-refractivity contribution in [2.75, 3.05) is 0 Å². The molecule has 0 saturated heterocycles. The zero-order valence-electron chi connectivity index (χ0n) is 10.9. The van der Waals surface area contributed by atoms with Gasteiger partial charge in [0.2, 0.25) is 0 Å². The average molecular weight is 285 g/mol. The standard InChI is InChI=1S/C16H15NO2S/c18-20(19,14-4-2-1-3-5-14)17-10-15-12-6-7-13(9-8-12)16(15)11-17/h1-7,10-13H,8-9H2. The molecule has 0 amide bonds. The summed E-state index contributed by atoms with van der Waals surface area (Å²) in [7, 11) is -3.46. The second-order valence-electron chi connectivity index (χ2n) is 5.49. The monoisotopic (exact) mass is 285 g/mol. The summed E-state index contributed by atoms with van der Waals surface area (Å²) >= 11 is 0. The van der Waals surface area contributed by atoms with Crippen molar-refractivity contribution in [1.82, 2.24) is 3.97 Å². The average Bonchev–Trinajstić information content (AvgIpc) is 2.97. The predicted molar refractivity (Wildman–Crippen MR) is 77.3 cm³/mol. The molecule has 2 atom stereocenters. The molecule has 1 aromatic carbocycles. The SMILES string of the molecule is O=S(=O)(c1ccccc1)n1cc2c(c1)C1C=CC2CC1. The summed E-state index contributed by atoms with van der Waals surface area (Å²) in [5.41, 5.74) is 2.37. The van der Waals surface area contributed by atoms with E-state index in [0.717, 1.165) is 12.8 Å². The Kier molecular flexibility index (Phi) is 2.45. The van der Waals surface area contributed by atoms with Crippen molar-refractivity contribution >= 4 is 10.0 Å². The molecular weight excluding hydrogens is 270 g/mol. The van der Waals surface area contributed by atoms with Crippen molar-refractivity contribution < 1.29 is 8.42 Å². The third-order valence-electron chi connectivity index (χ3n) is 4.35. The lowest BCUT2D eigenvalue weighted by atomic mass is 9.74. The van der Waals surface area contributed by atoms with E-state index in [0.29, 0.717) is 16.7 Å². The smallest absolute Gasteiger partial charge is 0.248 e. The van der Waals surface area contributed by atoms with Crippen LogP contribution in [0.3, 0.4) is 0 Å². The number of benzene rings is 1. The molecule has 20 heavy (non-hydrogen) atoms. The molecule has 3 aliphatic carbocycles. The number of nitrogens with zero attached hydrogens (tertiary/aromatic N) is 1. The highest BCUT2D eigenvalue weighted by Crippen LogP contribution is 2.45. The van der Waals surface area contributed by atoms with Gasteiger partial charge in [-0.1, -0.05) is 30.4 Å². The maximum atomic E-state index is 12.6. The van der Waals surface area contributed by atoms with E-state index < -0.39 is 10.0 Å². The second-order valence-corrected chi connectivity index (χ2v) is 7.34. The fraction of sp³-hybridized carbons (Fsp3) is 0.250. The van der Waals surface area contributed by atoms with Gasteiger partial charge in [0, 0.05) is 24.2 Å². The van der Waals surface area contributed by atoms with Crippen LogP contribution in [0.5, 0.6) is 0 Å². The van der Waals surface area contributed by atoms with Gasteiger partial charge in [0.15, 0.2) is 0 Å². The van der Waals surface area contributed by atoms with Crippen LogP contribution in [0.15, 0.2) is 59.8 Å². The molecule has 5 rings (SSSR count). The van der Waals surface area contributed by atoms with E-state index in [4.69, 9.17) is 0 Å². The number of aromatic nitrogens is 1. The Morgan fingerprint density at radius 1 is 0.900 bits per heavy atom. The third kappa shape index (κ3) is 1.61. The second kappa shape index (κ2) is 4.09. The minimum atomic E-state index is -3.46. The summed E-state index contributed by atoms with van der Waals surface area (Å²) in [5, 5.41) is 0. The van der Waals surface area contributed by atoms with Crippen LogP contribution in [-0.2, 0) is 10.0 Å². The van der Waals surface area contributed by atoms with E-state index in [9.17, 15) is 8.42 Å². The first kappa shape index (κ1) is 12.0. The normalized spacial score (nSPS) is 23.8. The summed E-state index contributed by atoms with van der Waals surface area (Å²) in [6.07, 6.45) is 10.3. The van der Waals surface area contributed by atoms with Gasteiger partial charge >= 0.3 is 0 Å². The number of allylic oxidation sites excluding steroid dienone is 2. The molecule has 3 nitrogen and oxygen atoms in total. The summed E-state index contributed by atoms with van der Waals surface area (Å²) in [6, 6.07) is 8.61.